The predicted molar refractivity (Wildman–Crippen MR) is 103 cm³/mol. The summed E-state index contributed by atoms with van der Waals surface area (Å²) in [7, 11) is 1.58. The Morgan fingerprint density at radius 3 is 2.54 bits per heavy atom. The molecule has 1 aromatic heterocycles. The van der Waals surface area contributed by atoms with Crippen molar-refractivity contribution in [3.63, 3.8) is 0 Å². The number of nitrogens with zero attached hydrogens (tertiary/aromatic N) is 2. The van der Waals surface area contributed by atoms with Gasteiger partial charge in [0.25, 0.3) is 5.56 Å². The van der Waals surface area contributed by atoms with Gasteiger partial charge in [-0.15, -0.1) is 0 Å². The second-order valence-electron chi connectivity index (χ2n) is 6.22. The van der Waals surface area contributed by atoms with E-state index in [2.05, 4.69) is 10.4 Å². The first kappa shape index (κ1) is 19.3. The fraction of sp³-hybridized carbons (Fsp3) is 0.190. The van der Waals surface area contributed by atoms with E-state index in [-0.39, 0.29) is 6.54 Å². The van der Waals surface area contributed by atoms with E-state index < -0.39 is 23.3 Å². The number of aromatic nitrogens is 2. The van der Waals surface area contributed by atoms with Crippen molar-refractivity contribution < 1.29 is 13.9 Å². The summed E-state index contributed by atoms with van der Waals surface area (Å²) >= 11 is 0. The molecule has 1 atom stereocenters. The zero-order chi connectivity index (χ0) is 20.1. The van der Waals surface area contributed by atoms with Gasteiger partial charge in [0.1, 0.15) is 17.6 Å². The third kappa shape index (κ3) is 4.25. The molecule has 0 radical (unpaired) electrons. The second kappa shape index (κ2) is 8.47. The van der Waals surface area contributed by atoms with E-state index in [1.807, 2.05) is 12.1 Å². The Labute approximate surface area is 161 Å². The Kier molecular flexibility index (Phi) is 5.84. The summed E-state index contributed by atoms with van der Waals surface area (Å²) in [5, 5.41) is 6.96. The molecule has 0 fully saturated rings. The third-order valence-electron chi connectivity index (χ3n) is 4.37. The summed E-state index contributed by atoms with van der Waals surface area (Å²) in [6.45, 7) is 1.60. The molecule has 0 aliphatic rings. The molecule has 0 bridgehead atoms. The molecule has 28 heavy (non-hydrogen) atoms. The highest BCUT2D eigenvalue weighted by Crippen LogP contribution is 2.20. The van der Waals surface area contributed by atoms with E-state index in [9.17, 15) is 14.0 Å². The number of benzene rings is 2. The number of ether oxygens (including phenoxy) is 1. The highest BCUT2D eigenvalue weighted by molar-refractivity contribution is 5.79. The Hall–Kier alpha value is -3.48. The largest absolute Gasteiger partial charge is 0.497 e. The maximum atomic E-state index is 13.7. The number of rotatable bonds is 6. The first-order valence-corrected chi connectivity index (χ1v) is 8.75. The molecule has 0 saturated carbocycles. The fourth-order valence-electron chi connectivity index (χ4n) is 2.70. The van der Waals surface area contributed by atoms with Crippen molar-refractivity contribution >= 4 is 5.91 Å². The van der Waals surface area contributed by atoms with Crippen molar-refractivity contribution in [1.82, 2.24) is 15.1 Å². The van der Waals surface area contributed by atoms with Gasteiger partial charge in [0.15, 0.2) is 0 Å². The molecule has 0 aliphatic carbocycles. The lowest BCUT2D eigenvalue weighted by Crippen LogP contribution is -2.36. The van der Waals surface area contributed by atoms with E-state index >= 15 is 0 Å². The van der Waals surface area contributed by atoms with Crippen LogP contribution in [-0.4, -0.2) is 22.8 Å². The molecule has 0 saturated heterocycles. The van der Waals surface area contributed by atoms with Gasteiger partial charge in [-0.3, -0.25) is 9.59 Å². The third-order valence-corrected chi connectivity index (χ3v) is 4.37. The number of halogens is 1. The molecule has 144 valence electrons. The molecule has 1 heterocycles. The lowest BCUT2D eigenvalue weighted by atomic mass is 10.1. The fourth-order valence-corrected chi connectivity index (χ4v) is 2.70. The van der Waals surface area contributed by atoms with Crippen LogP contribution in [0.4, 0.5) is 4.39 Å². The summed E-state index contributed by atoms with van der Waals surface area (Å²) in [6, 6.07) is 15.5. The monoisotopic (exact) mass is 381 g/mol. The predicted octanol–water partition coefficient (Wildman–Crippen LogP) is 2.94. The highest BCUT2D eigenvalue weighted by atomic mass is 19.1. The Morgan fingerprint density at radius 2 is 1.86 bits per heavy atom. The van der Waals surface area contributed by atoms with Crippen LogP contribution in [0.5, 0.6) is 5.75 Å². The number of nitrogens with one attached hydrogen (secondary N) is 1. The summed E-state index contributed by atoms with van der Waals surface area (Å²) < 4.78 is 20.0. The summed E-state index contributed by atoms with van der Waals surface area (Å²) in [5.74, 6) is -0.116. The van der Waals surface area contributed by atoms with E-state index in [0.717, 1.165) is 10.2 Å². The molecule has 7 heteroatoms. The van der Waals surface area contributed by atoms with Crippen LogP contribution in [0.1, 0.15) is 18.5 Å². The minimum Gasteiger partial charge on any atom is -0.497 e. The Balaban J connectivity index is 1.78. The van der Waals surface area contributed by atoms with Gasteiger partial charge in [0.2, 0.25) is 5.91 Å². The van der Waals surface area contributed by atoms with Crippen LogP contribution >= 0.6 is 0 Å². The zero-order valence-electron chi connectivity index (χ0n) is 15.6. The molecule has 0 aliphatic heterocycles. The van der Waals surface area contributed by atoms with E-state index in [1.165, 1.54) is 12.1 Å². The number of amides is 1. The smallest absolute Gasteiger partial charge is 0.267 e. The Bertz CT molecular complexity index is 1030. The van der Waals surface area contributed by atoms with Crippen molar-refractivity contribution in [2.24, 2.45) is 0 Å². The minimum atomic E-state index is -0.850. The molecule has 6 nitrogen and oxygen atoms in total. The second-order valence-corrected chi connectivity index (χ2v) is 6.22. The van der Waals surface area contributed by atoms with Crippen molar-refractivity contribution in [2.45, 2.75) is 19.5 Å². The standard InChI is InChI=1S/C21H20FN3O3/c1-14(21(27)23-13-16-5-3-4-6-18(16)22)25-20(26)12-11-19(24-25)15-7-9-17(28-2)10-8-15/h3-12,14H,13H2,1-2H3,(H,23,27). The molecular formula is C21H20FN3O3. The molecular weight excluding hydrogens is 361 g/mol. The molecule has 3 aromatic rings. The lowest BCUT2D eigenvalue weighted by molar-refractivity contribution is -0.124. The van der Waals surface area contributed by atoms with Crippen LogP contribution in [0.25, 0.3) is 11.3 Å². The number of methoxy groups -OCH3 is 1. The number of hydrogen-bond donors (Lipinski definition) is 1. The highest BCUT2D eigenvalue weighted by Gasteiger charge is 2.18. The van der Waals surface area contributed by atoms with Gasteiger partial charge in [-0.25, -0.2) is 9.07 Å². The average molecular weight is 381 g/mol. The summed E-state index contributed by atoms with van der Waals surface area (Å²) in [4.78, 5) is 24.7. The molecule has 1 amide bonds. The van der Waals surface area contributed by atoms with Gasteiger partial charge in [-0.2, -0.15) is 5.10 Å². The first-order chi connectivity index (χ1) is 13.5. The quantitative estimate of drug-likeness (QED) is 0.713. The zero-order valence-corrected chi connectivity index (χ0v) is 15.6. The van der Waals surface area contributed by atoms with Gasteiger partial charge in [-0.05, 0) is 43.3 Å². The van der Waals surface area contributed by atoms with E-state index in [4.69, 9.17) is 4.74 Å². The molecule has 1 unspecified atom stereocenters. The maximum absolute atomic E-state index is 13.7. The van der Waals surface area contributed by atoms with Crippen molar-refractivity contribution in [3.05, 3.63) is 82.4 Å². The molecule has 1 N–H and O–H groups in total. The number of carbonyl (C=O) groups excluding carboxylic acids is 1. The van der Waals surface area contributed by atoms with E-state index in [0.29, 0.717) is 17.0 Å². The van der Waals surface area contributed by atoms with Gasteiger partial charge in [0, 0.05) is 23.7 Å². The summed E-state index contributed by atoms with van der Waals surface area (Å²) in [6.07, 6.45) is 0. The van der Waals surface area contributed by atoms with Crippen LogP contribution in [0, 0.1) is 5.82 Å². The number of carbonyl (C=O) groups is 1. The summed E-state index contributed by atoms with van der Waals surface area (Å²) in [5.41, 5.74) is 1.31. The first-order valence-electron chi connectivity index (χ1n) is 8.75. The molecule has 2 aromatic carbocycles. The van der Waals surface area contributed by atoms with Crippen molar-refractivity contribution in [3.8, 4) is 17.0 Å². The molecule has 0 spiro atoms. The number of hydrogen-bond acceptors (Lipinski definition) is 4. The topological polar surface area (TPSA) is 73.2 Å². The van der Waals surface area contributed by atoms with Gasteiger partial charge in [-0.1, -0.05) is 18.2 Å². The van der Waals surface area contributed by atoms with Crippen LogP contribution in [0.15, 0.2) is 65.5 Å². The SMILES string of the molecule is COc1ccc(-c2ccc(=O)n(C(C)C(=O)NCc3ccccc3F)n2)cc1. The van der Waals surface area contributed by atoms with Crippen LogP contribution < -0.4 is 15.6 Å². The van der Waals surface area contributed by atoms with Gasteiger partial charge >= 0.3 is 0 Å². The van der Waals surface area contributed by atoms with Crippen molar-refractivity contribution in [2.75, 3.05) is 7.11 Å². The van der Waals surface area contributed by atoms with Gasteiger partial charge in [0.05, 0.1) is 12.8 Å². The van der Waals surface area contributed by atoms with Crippen LogP contribution in [0.2, 0.25) is 0 Å². The minimum absolute atomic E-state index is 0.0305. The maximum Gasteiger partial charge on any atom is 0.267 e. The lowest BCUT2D eigenvalue weighted by Gasteiger charge is -2.15. The van der Waals surface area contributed by atoms with Crippen molar-refractivity contribution in [1.29, 1.82) is 0 Å². The van der Waals surface area contributed by atoms with Gasteiger partial charge < -0.3 is 10.1 Å². The van der Waals surface area contributed by atoms with Crippen LogP contribution in [0.3, 0.4) is 0 Å². The Morgan fingerprint density at radius 1 is 1.14 bits per heavy atom. The average Bonchev–Trinajstić information content (AvgIpc) is 2.73. The van der Waals surface area contributed by atoms with E-state index in [1.54, 1.807) is 50.4 Å². The normalized spacial score (nSPS) is 11.7. The van der Waals surface area contributed by atoms with Crippen LogP contribution in [-0.2, 0) is 11.3 Å². The molecule has 3 rings (SSSR count).